The van der Waals surface area contributed by atoms with E-state index in [1.54, 1.807) is 31.3 Å². The molecule has 0 unspecified atom stereocenters. The molecule has 3 atom stereocenters. The molecule has 2 heterocycles. The van der Waals surface area contributed by atoms with Gasteiger partial charge >= 0.3 is 0 Å². The van der Waals surface area contributed by atoms with Crippen LogP contribution in [-0.4, -0.2) is 34.1 Å². The number of halogens is 1. The molecule has 130 valence electrons. The Morgan fingerprint density at radius 1 is 1.32 bits per heavy atom. The SMILES string of the molecule is CO[C@@H]1C[C@H]2CSC(N)=N[C@@]2(c2ccc(F)c(-c3cncnc3)c2)C1. The summed E-state index contributed by atoms with van der Waals surface area (Å²) in [4.78, 5) is 12.8. The summed E-state index contributed by atoms with van der Waals surface area (Å²) in [6.07, 6.45) is 6.49. The maximum absolute atomic E-state index is 14.4. The van der Waals surface area contributed by atoms with E-state index in [0.717, 1.165) is 24.2 Å². The molecule has 1 aromatic carbocycles. The topological polar surface area (TPSA) is 73.4 Å². The van der Waals surface area contributed by atoms with E-state index in [9.17, 15) is 4.39 Å². The minimum absolute atomic E-state index is 0.133. The smallest absolute Gasteiger partial charge is 0.154 e. The van der Waals surface area contributed by atoms with Crippen LogP contribution in [0.1, 0.15) is 18.4 Å². The molecule has 0 spiro atoms. The number of benzene rings is 1. The fraction of sp³-hybridized carbons (Fsp3) is 0.389. The van der Waals surface area contributed by atoms with Gasteiger partial charge in [0.2, 0.25) is 0 Å². The van der Waals surface area contributed by atoms with Crippen LogP contribution in [-0.2, 0) is 10.3 Å². The van der Waals surface area contributed by atoms with E-state index in [0.29, 0.717) is 22.2 Å². The fourth-order valence-corrected chi connectivity index (χ4v) is 4.93. The number of ether oxygens (including phenoxy) is 1. The van der Waals surface area contributed by atoms with Crippen LogP contribution in [0.4, 0.5) is 4.39 Å². The zero-order chi connectivity index (χ0) is 17.4. The molecule has 0 radical (unpaired) electrons. The number of aromatic nitrogens is 2. The molecular weight excluding hydrogens is 339 g/mol. The van der Waals surface area contributed by atoms with Gasteiger partial charge in [-0.05, 0) is 24.1 Å². The first-order chi connectivity index (χ1) is 12.1. The number of rotatable bonds is 3. The normalized spacial score (nSPS) is 28.5. The zero-order valence-electron chi connectivity index (χ0n) is 13.9. The van der Waals surface area contributed by atoms with Gasteiger partial charge in [0, 0.05) is 48.7 Å². The minimum Gasteiger partial charge on any atom is -0.381 e. The Balaban J connectivity index is 1.84. The lowest BCUT2D eigenvalue weighted by Crippen LogP contribution is -2.36. The molecule has 2 N–H and O–H groups in total. The van der Waals surface area contributed by atoms with E-state index in [1.807, 2.05) is 12.1 Å². The summed E-state index contributed by atoms with van der Waals surface area (Å²) in [6.45, 7) is 0. The van der Waals surface area contributed by atoms with Crippen molar-refractivity contribution in [2.75, 3.05) is 12.9 Å². The van der Waals surface area contributed by atoms with E-state index >= 15 is 0 Å². The van der Waals surface area contributed by atoms with Crippen LogP contribution in [0.2, 0.25) is 0 Å². The second-order valence-corrected chi connectivity index (χ2v) is 7.54. The van der Waals surface area contributed by atoms with Gasteiger partial charge in [0.15, 0.2) is 5.17 Å². The second-order valence-electron chi connectivity index (χ2n) is 6.50. The van der Waals surface area contributed by atoms with Crippen molar-refractivity contribution < 1.29 is 9.13 Å². The van der Waals surface area contributed by atoms with Crippen molar-refractivity contribution in [3.05, 3.63) is 48.3 Å². The van der Waals surface area contributed by atoms with Crippen molar-refractivity contribution in [2.45, 2.75) is 24.5 Å². The van der Waals surface area contributed by atoms with E-state index in [-0.39, 0.29) is 11.9 Å². The molecule has 2 aliphatic rings. The first-order valence-electron chi connectivity index (χ1n) is 8.19. The molecule has 1 aliphatic carbocycles. The monoisotopic (exact) mass is 358 g/mol. The number of fused-ring (bicyclic) bond motifs is 1. The van der Waals surface area contributed by atoms with Gasteiger partial charge in [-0.15, -0.1) is 0 Å². The van der Waals surface area contributed by atoms with Crippen LogP contribution < -0.4 is 5.73 Å². The molecule has 5 nitrogen and oxygen atoms in total. The highest BCUT2D eigenvalue weighted by atomic mass is 32.2. The Bertz CT molecular complexity index is 816. The predicted molar refractivity (Wildman–Crippen MR) is 96.7 cm³/mol. The Hall–Kier alpha value is -1.99. The van der Waals surface area contributed by atoms with Crippen molar-refractivity contribution in [3.63, 3.8) is 0 Å². The third-order valence-corrected chi connectivity index (χ3v) is 6.13. The zero-order valence-corrected chi connectivity index (χ0v) is 14.7. The Labute approximate surface area is 149 Å². The minimum atomic E-state index is -0.450. The Morgan fingerprint density at radius 2 is 2.12 bits per heavy atom. The van der Waals surface area contributed by atoms with Crippen LogP contribution in [0, 0.1) is 11.7 Å². The number of aliphatic imine (C=N–C) groups is 1. The van der Waals surface area contributed by atoms with Crippen LogP contribution in [0.25, 0.3) is 11.1 Å². The third kappa shape index (κ3) is 2.81. The summed E-state index contributed by atoms with van der Waals surface area (Å²) >= 11 is 1.58. The highest BCUT2D eigenvalue weighted by Crippen LogP contribution is 2.52. The van der Waals surface area contributed by atoms with Crippen molar-refractivity contribution in [1.29, 1.82) is 0 Å². The number of nitrogens with two attached hydrogens (primary N) is 1. The van der Waals surface area contributed by atoms with Crippen molar-refractivity contribution in [3.8, 4) is 11.1 Å². The van der Waals surface area contributed by atoms with Gasteiger partial charge in [-0.1, -0.05) is 17.8 Å². The lowest BCUT2D eigenvalue weighted by atomic mass is 9.80. The van der Waals surface area contributed by atoms with Crippen LogP contribution in [0.15, 0.2) is 41.9 Å². The molecule has 1 saturated carbocycles. The van der Waals surface area contributed by atoms with Gasteiger partial charge in [0.25, 0.3) is 0 Å². The molecule has 2 aromatic rings. The highest BCUT2D eigenvalue weighted by molar-refractivity contribution is 8.13. The summed E-state index contributed by atoms with van der Waals surface area (Å²) in [5.41, 5.74) is 7.72. The lowest BCUT2D eigenvalue weighted by Gasteiger charge is -2.36. The number of amidine groups is 1. The predicted octanol–water partition coefficient (Wildman–Crippen LogP) is 2.96. The summed E-state index contributed by atoms with van der Waals surface area (Å²) < 4.78 is 20.0. The van der Waals surface area contributed by atoms with Gasteiger partial charge in [-0.3, -0.25) is 4.99 Å². The van der Waals surface area contributed by atoms with E-state index in [2.05, 4.69) is 9.97 Å². The average molecular weight is 358 g/mol. The quantitative estimate of drug-likeness (QED) is 0.913. The second kappa shape index (κ2) is 6.38. The first-order valence-corrected chi connectivity index (χ1v) is 9.17. The molecule has 0 amide bonds. The lowest BCUT2D eigenvalue weighted by molar-refractivity contribution is 0.102. The summed E-state index contributed by atoms with van der Waals surface area (Å²) in [5.74, 6) is 0.922. The molecule has 0 saturated heterocycles. The summed E-state index contributed by atoms with van der Waals surface area (Å²) in [5, 5.41) is 0.585. The maximum Gasteiger partial charge on any atom is 0.154 e. The number of thioether (sulfide) groups is 1. The van der Waals surface area contributed by atoms with Crippen LogP contribution in [0.3, 0.4) is 0 Å². The Kier molecular flexibility index (Phi) is 4.21. The molecule has 4 rings (SSSR count). The van der Waals surface area contributed by atoms with Gasteiger partial charge in [0.05, 0.1) is 11.6 Å². The summed E-state index contributed by atoms with van der Waals surface area (Å²) in [7, 11) is 1.73. The van der Waals surface area contributed by atoms with Crippen molar-refractivity contribution >= 4 is 16.9 Å². The van der Waals surface area contributed by atoms with E-state index < -0.39 is 5.54 Å². The van der Waals surface area contributed by atoms with Crippen molar-refractivity contribution in [2.24, 2.45) is 16.6 Å². The molecule has 0 bridgehead atoms. The number of methoxy groups -OCH3 is 1. The van der Waals surface area contributed by atoms with Gasteiger partial charge in [-0.2, -0.15) is 0 Å². The van der Waals surface area contributed by atoms with E-state index in [1.165, 1.54) is 12.4 Å². The number of nitrogens with zero attached hydrogens (tertiary/aromatic N) is 3. The molecule has 1 aromatic heterocycles. The first kappa shape index (κ1) is 16.5. The van der Waals surface area contributed by atoms with Crippen LogP contribution >= 0.6 is 11.8 Å². The Morgan fingerprint density at radius 3 is 2.88 bits per heavy atom. The summed E-state index contributed by atoms with van der Waals surface area (Å²) in [6, 6.07) is 5.18. The highest BCUT2D eigenvalue weighted by Gasteiger charge is 2.50. The number of hydrogen-bond acceptors (Lipinski definition) is 6. The third-order valence-electron chi connectivity index (χ3n) is 5.17. The molecule has 1 fully saturated rings. The standard InChI is InChI=1S/C18H19FN4OS/c1-24-14-4-13-9-25-17(20)23-18(13,6-14)12-2-3-16(19)15(5-12)11-7-21-10-22-8-11/h2-3,5,7-8,10,13-14H,4,6,9H2,1H3,(H2,20,23)/t13-,14+,18+/m0/s1. The fourth-order valence-electron chi connectivity index (χ4n) is 3.92. The largest absolute Gasteiger partial charge is 0.381 e. The van der Waals surface area contributed by atoms with Gasteiger partial charge in [-0.25, -0.2) is 14.4 Å². The van der Waals surface area contributed by atoms with Crippen LogP contribution in [0.5, 0.6) is 0 Å². The molecule has 25 heavy (non-hydrogen) atoms. The van der Waals surface area contributed by atoms with Gasteiger partial charge < -0.3 is 10.5 Å². The van der Waals surface area contributed by atoms with E-state index in [4.69, 9.17) is 15.5 Å². The average Bonchev–Trinajstić information content (AvgIpc) is 3.02. The molecule has 1 aliphatic heterocycles. The number of hydrogen-bond donors (Lipinski definition) is 1. The molecular formula is C18H19FN4OS. The van der Waals surface area contributed by atoms with Crippen molar-refractivity contribution in [1.82, 2.24) is 9.97 Å². The molecule has 7 heteroatoms. The van der Waals surface area contributed by atoms with Gasteiger partial charge in [0.1, 0.15) is 12.1 Å². The maximum atomic E-state index is 14.4.